The summed E-state index contributed by atoms with van der Waals surface area (Å²) in [7, 11) is 0. The number of hydrogen-bond donors (Lipinski definition) is 0. The van der Waals surface area contributed by atoms with E-state index in [1.807, 2.05) is 36.5 Å². The number of aliphatic imine (C=N–C) groups is 1. The molecule has 0 aliphatic rings. The van der Waals surface area contributed by atoms with Gasteiger partial charge in [-0.15, -0.1) is 0 Å². The van der Waals surface area contributed by atoms with Crippen LogP contribution in [0, 0.1) is 5.41 Å². The second kappa shape index (κ2) is 4.22. The first-order chi connectivity index (χ1) is 6.14. The molecule has 1 aromatic rings. The van der Waals surface area contributed by atoms with Crippen molar-refractivity contribution in [1.82, 2.24) is 0 Å². The third-order valence-corrected chi connectivity index (χ3v) is 2.23. The average Bonchev–Trinajstić information content (AvgIpc) is 2.17. The van der Waals surface area contributed by atoms with Crippen LogP contribution in [0.15, 0.2) is 35.3 Å². The molecule has 70 valence electrons. The molecule has 0 spiro atoms. The predicted molar refractivity (Wildman–Crippen MR) is 58.7 cm³/mol. The van der Waals surface area contributed by atoms with Gasteiger partial charge >= 0.3 is 0 Å². The third-order valence-electron chi connectivity index (χ3n) is 2.23. The van der Waals surface area contributed by atoms with Crippen LogP contribution in [0.1, 0.15) is 27.2 Å². The molecule has 0 saturated heterocycles. The Kier molecular flexibility index (Phi) is 3.24. The van der Waals surface area contributed by atoms with Gasteiger partial charge in [-0.05, 0) is 24.0 Å². The van der Waals surface area contributed by atoms with Crippen molar-refractivity contribution in [3.05, 3.63) is 30.3 Å². The second-order valence-corrected chi connectivity index (χ2v) is 3.94. The van der Waals surface area contributed by atoms with Crippen molar-refractivity contribution in [1.29, 1.82) is 0 Å². The van der Waals surface area contributed by atoms with E-state index in [9.17, 15) is 0 Å². The normalized spacial score (nSPS) is 12.2. The molecule has 0 saturated carbocycles. The molecule has 0 heterocycles. The fourth-order valence-electron chi connectivity index (χ4n) is 0.855. The Morgan fingerprint density at radius 3 is 2.38 bits per heavy atom. The highest BCUT2D eigenvalue weighted by Crippen LogP contribution is 2.18. The Labute approximate surface area is 80.5 Å². The van der Waals surface area contributed by atoms with Crippen molar-refractivity contribution in [2.75, 3.05) is 0 Å². The lowest BCUT2D eigenvalue weighted by Crippen LogP contribution is -2.10. The summed E-state index contributed by atoms with van der Waals surface area (Å²) in [5, 5.41) is 0. The largest absolute Gasteiger partial charge is 0.261 e. The van der Waals surface area contributed by atoms with Crippen LogP contribution in [-0.2, 0) is 0 Å². The van der Waals surface area contributed by atoms with Gasteiger partial charge in [-0.3, -0.25) is 4.99 Å². The fraction of sp³-hybridized carbons (Fsp3) is 0.417. The quantitative estimate of drug-likeness (QED) is 0.619. The first-order valence-corrected chi connectivity index (χ1v) is 4.74. The van der Waals surface area contributed by atoms with Crippen LogP contribution in [0.5, 0.6) is 0 Å². The van der Waals surface area contributed by atoms with Crippen molar-refractivity contribution in [2.45, 2.75) is 27.2 Å². The molecule has 0 unspecified atom stereocenters. The highest BCUT2D eigenvalue weighted by Gasteiger charge is 2.10. The lowest BCUT2D eigenvalue weighted by Gasteiger charge is -2.15. The zero-order valence-electron chi connectivity index (χ0n) is 8.62. The minimum Gasteiger partial charge on any atom is -0.261 e. The van der Waals surface area contributed by atoms with Gasteiger partial charge in [0.05, 0.1) is 5.69 Å². The molecule has 0 N–H and O–H groups in total. The monoisotopic (exact) mass is 175 g/mol. The highest BCUT2D eigenvalue weighted by molar-refractivity contribution is 5.68. The van der Waals surface area contributed by atoms with E-state index < -0.39 is 0 Å². The Morgan fingerprint density at radius 1 is 1.23 bits per heavy atom. The van der Waals surface area contributed by atoms with Gasteiger partial charge in [0.2, 0.25) is 0 Å². The van der Waals surface area contributed by atoms with Gasteiger partial charge in [-0.25, -0.2) is 0 Å². The Balaban J connectivity index is 2.69. The summed E-state index contributed by atoms with van der Waals surface area (Å²) < 4.78 is 0. The van der Waals surface area contributed by atoms with E-state index in [2.05, 4.69) is 25.8 Å². The van der Waals surface area contributed by atoms with Gasteiger partial charge in [0.25, 0.3) is 0 Å². The van der Waals surface area contributed by atoms with Crippen molar-refractivity contribution in [3.8, 4) is 0 Å². The molecule has 0 radical (unpaired) electrons. The highest BCUT2D eigenvalue weighted by atomic mass is 14.7. The minimum absolute atomic E-state index is 0.204. The van der Waals surface area contributed by atoms with Gasteiger partial charge in [0.1, 0.15) is 0 Å². The van der Waals surface area contributed by atoms with E-state index in [0.29, 0.717) is 0 Å². The van der Waals surface area contributed by atoms with E-state index in [1.54, 1.807) is 0 Å². The Hall–Kier alpha value is -1.11. The molecule has 1 heteroatoms. The van der Waals surface area contributed by atoms with Crippen LogP contribution in [0.4, 0.5) is 5.69 Å². The number of nitrogens with zero attached hydrogens (tertiary/aromatic N) is 1. The Morgan fingerprint density at radius 2 is 1.85 bits per heavy atom. The zero-order valence-corrected chi connectivity index (χ0v) is 8.62. The summed E-state index contributed by atoms with van der Waals surface area (Å²) in [6.45, 7) is 6.57. The van der Waals surface area contributed by atoms with Crippen LogP contribution in [0.25, 0.3) is 0 Å². The summed E-state index contributed by atoms with van der Waals surface area (Å²) >= 11 is 0. The van der Waals surface area contributed by atoms with Crippen LogP contribution in [-0.4, -0.2) is 6.21 Å². The smallest absolute Gasteiger partial charge is 0.0625 e. The molecule has 1 rings (SSSR count). The van der Waals surface area contributed by atoms with Crippen molar-refractivity contribution >= 4 is 11.9 Å². The fourth-order valence-corrected chi connectivity index (χ4v) is 0.855. The van der Waals surface area contributed by atoms with Gasteiger partial charge in [0.15, 0.2) is 0 Å². The van der Waals surface area contributed by atoms with E-state index in [0.717, 1.165) is 12.1 Å². The summed E-state index contributed by atoms with van der Waals surface area (Å²) in [4.78, 5) is 4.42. The average molecular weight is 175 g/mol. The van der Waals surface area contributed by atoms with Crippen LogP contribution in [0.2, 0.25) is 0 Å². The van der Waals surface area contributed by atoms with Crippen molar-refractivity contribution < 1.29 is 0 Å². The molecule has 0 atom stereocenters. The maximum Gasteiger partial charge on any atom is 0.0625 e. The Bertz CT molecular complexity index is 272. The van der Waals surface area contributed by atoms with Crippen LogP contribution in [0.3, 0.4) is 0 Å². The topological polar surface area (TPSA) is 12.4 Å². The van der Waals surface area contributed by atoms with E-state index in [-0.39, 0.29) is 5.41 Å². The van der Waals surface area contributed by atoms with E-state index in [1.165, 1.54) is 0 Å². The van der Waals surface area contributed by atoms with Crippen LogP contribution >= 0.6 is 0 Å². The summed E-state index contributed by atoms with van der Waals surface area (Å²) in [6.07, 6.45) is 3.14. The van der Waals surface area contributed by atoms with Crippen molar-refractivity contribution in [2.24, 2.45) is 10.4 Å². The molecular formula is C12H17N. The third kappa shape index (κ3) is 3.41. The maximum atomic E-state index is 4.42. The molecule has 13 heavy (non-hydrogen) atoms. The van der Waals surface area contributed by atoms with E-state index >= 15 is 0 Å². The van der Waals surface area contributed by atoms with Gasteiger partial charge in [-0.1, -0.05) is 39.0 Å². The SMILES string of the molecule is CCC(C)(C)C=Nc1ccccc1. The molecule has 0 bridgehead atoms. The molecule has 1 nitrogen and oxygen atoms in total. The van der Waals surface area contributed by atoms with Gasteiger partial charge in [-0.2, -0.15) is 0 Å². The number of rotatable bonds is 3. The first-order valence-electron chi connectivity index (χ1n) is 4.74. The zero-order chi connectivity index (χ0) is 9.73. The molecule has 0 aliphatic heterocycles. The van der Waals surface area contributed by atoms with Crippen molar-refractivity contribution in [3.63, 3.8) is 0 Å². The maximum absolute atomic E-state index is 4.42. The second-order valence-electron chi connectivity index (χ2n) is 3.94. The number of benzene rings is 1. The molecule has 1 aromatic carbocycles. The summed E-state index contributed by atoms with van der Waals surface area (Å²) in [6, 6.07) is 10.0. The van der Waals surface area contributed by atoms with Gasteiger partial charge < -0.3 is 0 Å². The first kappa shape index (κ1) is 9.97. The molecule has 0 amide bonds. The lowest BCUT2D eigenvalue weighted by molar-refractivity contribution is 0.516. The molecule has 0 aliphatic carbocycles. The minimum atomic E-state index is 0.204. The van der Waals surface area contributed by atoms with Crippen LogP contribution < -0.4 is 0 Å². The lowest BCUT2D eigenvalue weighted by atomic mass is 9.92. The summed E-state index contributed by atoms with van der Waals surface area (Å²) in [5.41, 5.74) is 1.24. The molecular weight excluding hydrogens is 158 g/mol. The number of para-hydroxylation sites is 1. The van der Waals surface area contributed by atoms with E-state index in [4.69, 9.17) is 0 Å². The number of hydrogen-bond acceptors (Lipinski definition) is 1. The van der Waals surface area contributed by atoms with Gasteiger partial charge in [0, 0.05) is 6.21 Å². The predicted octanol–water partition coefficient (Wildman–Crippen LogP) is 3.83. The molecule has 0 aromatic heterocycles. The summed E-state index contributed by atoms with van der Waals surface area (Å²) in [5.74, 6) is 0. The standard InChI is InChI=1S/C12H17N/c1-4-12(2,3)10-13-11-8-6-5-7-9-11/h5-10H,4H2,1-3H3. The molecule has 0 fully saturated rings.